The lowest BCUT2D eigenvalue weighted by atomic mass is 9.86. The highest BCUT2D eigenvalue weighted by Gasteiger charge is 2.37. The van der Waals surface area contributed by atoms with Crippen molar-refractivity contribution in [3.8, 4) is 0 Å². The summed E-state index contributed by atoms with van der Waals surface area (Å²) in [7, 11) is 0. The number of piperazine rings is 1. The molecule has 0 radical (unpaired) electrons. The van der Waals surface area contributed by atoms with E-state index in [0.717, 1.165) is 26.2 Å². The molecule has 1 atom stereocenters. The molecular weight excluding hydrogens is 236 g/mol. The van der Waals surface area contributed by atoms with E-state index in [0.29, 0.717) is 23.6 Å². The minimum Gasteiger partial charge on any atom is -0.377 e. The highest BCUT2D eigenvalue weighted by molar-refractivity contribution is 4.97. The molecule has 114 valence electrons. The topological polar surface area (TPSA) is 24.5 Å². The molecule has 1 rings (SSSR count). The molecule has 0 aromatic heterocycles. The van der Waals surface area contributed by atoms with E-state index >= 15 is 0 Å². The monoisotopic (exact) mass is 270 g/mol. The zero-order chi connectivity index (χ0) is 14.5. The third-order valence-electron chi connectivity index (χ3n) is 4.61. The van der Waals surface area contributed by atoms with E-state index in [1.165, 1.54) is 12.8 Å². The van der Waals surface area contributed by atoms with Crippen molar-refractivity contribution in [2.24, 2.45) is 5.92 Å². The SMILES string of the molecule is CCC1(CC)CN(CCOC(C)C)C(C(C)C)CN1. The van der Waals surface area contributed by atoms with E-state index in [1.807, 2.05) is 0 Å². The summed E-state index contributed by atoms with van der Waals surface area (Å²) >= 11 is 0. The Hall–Kier alpha value is -0.120. The van der Waals surface area contributed by atoms with Crippen molar-refractivity contribution in [2.45, 2.75) is 72.1 Å². The van der Waals surface area contributed by atoms with Gasteiger partial charge in [-0.1, -0.05) is 27.7 Å². The van der Waals surface area contributed by atoms with Gasteiger partial charge in [0, 0.05) is 31.2 Å². The van der Waals surface area contributed by atoms with Gasteiger partial charge in [-0.2, -0.15) is 0 Å². The average Bonchev–Trinajstić information content (AvgIpc) is 2.37. The maximum absolute atomic E-state index is 5.75. The second-order valence-electron chi connectivity index (χ2n) is 6.57. The fraction of sp³-hybridized carbons (Fsp3) is 1.00. The van der Waals surface area contributed by atoms with Crippen LogP contribution in [0.1, 0.15) is 54.4 Å². The van der Waals surface area contributed by atoms with E-state index < -0.39 is 0 Å². The first-order valence-corrected chi connectivity index (χ1v) is 8.04. The Kier molecular flexibility index (Phi) is 6.78. The fourth-order valence-corrected chi connectivity index (χ4v) is 3.04. The summed E-state index contributed by atoms with van der Waals surface area (Å²) in [4.78, 5) is 2.65. The first kappa shape index (κ1) is 16.9. The second kappa shape index (κ2) is 7.61. The van der Waals surface area contributed by atoms with Gasteiger partial charge in [0.05, 0.1) is 12.7 Å². The van der Waals surface area contributed by atoms with Gasteiger partial charge in [0.2, 0.25) is 0 Å². The standard InChI is InChI=1S/C16H34N2O/c1-7-16(8-2)12-18(9-10-19-14(5)6)15(11-17-16)13(3)4/h13-15,17H,7-12H2,1-6H3. The van der Waals surface area contributed by atoms with Gasteiger partial charge in [0.25, 0.3) is 0 Å². The van der Waals surface area contributed by atoms with Crippen LogP contribution in [-0.4, -0.2) is 48.8 Å². The Labute approximate surface area is 120 Å². The summed E-state index contributed by atoms with van der Waals surface area (Å²) in [6, 6.07) is 0.641. The molecule has 1 N–H and O–H groups in total. The smallest absolute Gasteiger partial charge is 0.0597 e. The van der Waals surface area contributed by atoms with Gasteiger partial charge < -0.3 is 10.1 Å². The minimum absolute atomic E-state index is 0.309. The Balaban J connectivity index is 2.62. The summed E-state index contributed by atoms with van der Waals surface area (Å²) in [6.07, 6.45) is 2.74. The molecule has 3 nitrogen and oxygen atoms in total. The Morgan fingerprint density at radius 2 is 1.84 bits per heavy atom. The molecule has 0 bridgehead atoms. The van der Waals surface area contributed by atoms with E-state index in [1.54, 1.807) is 0 Å². The number of nitrogens with one attached hydrogen (secondary N) is 1. The molecule has 1 heterocycles. The van der Waals surface area contributed by atoms with Crippen molar-refractivity contribution in [1.29, 1.82) is 0 Å². The molecule has 0 amide bonds. The quantitative estimate of drug-likeness (QED) is 0.770. The largest absolute Gasteiger partial charge is 0.377 e. The third kappa shape index (κ3) is 4.73. The van der Waals surface area contributed by atoms with Gasteiger partial charge in [0.1, 0.15) is 0 Å². The van der Waals surface area contributed by atoms with Crippen LogP contribution in [-0.2, 0) is 4.74 Å². The zero-order valence-corrected chi connectivity index (χ0v) is 13.8. The summed E-state index contributed by atoms with van der Waals surface area (Å²) in [5.41, 5.74) is 0.309. The average molecular weight is 270 g/mol. The lowest BCUT2D eigenvalue weighted by molar-refractivity contribution is 0.00738. The molecule has 1 saturated heterocycles. The van der Waals surface area contributed by atoms with Crippen molar-refractivity contribution in [2.75, 3.05) is 26.2 Å². The van der Waals surface area contributed by atoms with Gasteiger partial charge in [-0.15, -0.1) is 0 Å². The van der Waals surface area contributed by atoms with Crippen molar-refractivity contribution in [3.63, 3.8) is 0 Å². The van der Waals surface area contributed by atoms with E-state index in [9.17, 15) is 0 Å². The molecule has 0 aromatic carbocycles. The lowest BCUT2D eigenvalue weighted by Gasteiger charge is -2.49. The highest BCUT2D eigenvalue weighted by Crippen LogP contribution is 2.25. The molecule has 1 unspecified atom stereocenters. The first-order valence-electron chi connectivity index (χ1n) is 8.04. The van der Waals surface area contributed by atoms with Crippen LogP contribution >= 0.6 is 0 Å². The van der Waals surface area contributed by atoms with Crippen LogP contribution in [0.3, 0.4) is 0 Å². The maximum atomic E-state index is 5.75. The number of nitrogens with zero attached hydrogens (tertiary/aromatic N) is 1. The summed E-state index contributed by atoms with van der Waals surface area (Å²) < 4.78 is 5.75. The molecule has 3 heteroatoms. The second-order valence-corrected chi connectivity index (χ2v) is 6.57. The molecule has 1 aliphatic heterocycles. The zero-order valence-electron chi connectivity index (χ0n) is 13.8. The van der Waals surface area contributed by atoms with Gasteiger partial charge in [-0.25, -0.2) is 0 Å². The summed E-state index contributed by atoms with van der Waals surface area (Å²) in [5.74, 6) is 0.693. The normalized spacial score (nSPS) is 24.3. The van der Waals surface area contributed by atoms with Gasteiger partial charge in [0.15, 0.2) is 0 Å². The van der Waals surface area contributed by atoms with E-state index in [4.69, 9.17) is 4.74 Å². The summed E-state index contributed by atoms with van der Waals surface area (Å²) in [5, 5.41) is 3.81. The lowest BCUT2D eigenvalue weighted by Crippen LogP contribution is -2.65. The number of hydrogen-bond donors (Lipinski definition) is 1. The molecule has 0 aromatic rings. The van der Waals surface area contributed by atoms with Crippen LogP contribution in [0.15, 0.2) is 0 Å². The van der Waals surface area contributed by atoms with Crippen molar-refractivity contribution in [3.05, 3.63) is 0 Å². The molecule has 1 fully saturated rings. The van der Waals surface area contributed by atoms with Crippen LogP contribution in [0.2, 0.25) is 0 Å². The van der Waals surface area contributed by atoms with Crippen molar-refractivity contribution in [1.82, 2.24) is 10.2 Å². The minimum atomic E-state index is 0.309. The predicted octanol–water partition coefficient (Wildman–Crippen LogP) is 2.90. The Bertz CT molecular complexity index is 249. The van der Waals surface area contributed by atoms with Gasteiger partial charge in [-0.05, 0) is 32.6 Å². The van der Waals surface area contributed by atoms with Crippen LogP contribution in [0.4, 0.5) is 0 Å². The number of hydrogen-bond acceptors (Lipinski definition) is 3. The Morgan fingerprint density at radius 1 is 1.21 bits per heavy atom. The van der Waals surface area contributed by atoms with E-state index in [-0.39, 0.29) is 0 Å². The van der Waals surface area contributed by atoms with Crippen molar-refractivity contribution < 1.29 is 4.74 Å². The van der Waals surface area contributed by atoms with Crippen LogP contribution in [0.5, 0.6) is 0 Å². The molecule has 19 heavy (non-hydrogen) atoms. The van der Waals surface area contributed by atoms with Crippen LogP contribution < -0.4 is 5.32 Å². The summed E-state index contributed by atoms with van der Waals surface area (Å²) in [6.45, 7) is 17.7. The number of ether oxygens (including phenoxy) is 1. The van der Waals surface area contributed by atoms with Crippen LogP contribution in [0, 0.1) is 5.92 Å². The Morgan fingerprint density at radius 3 is 2.32 bits per heavy atom. The maximum Gasteiger partial charge on any atom is 0.0597 e. The predicted molar refractivity (Wildman–Crippen MR) is 82.6 cm³/mol. The molecule has 0 spiro atoms. The van der Waals surface area contributed by atoms with Gasteiger partial charge in [-0.3, -0.25) is 4.90 Å². The van der Waals surface area contributed by atoms with Crippen molar-refractivity contribution >= 4 is 0 Å². The third-order valence-corrected chi connectivity index (χ3v) is 4.61. The molecule has 0 saturated carbocycles. The van der Waals surface area contributed by atoms with Crippen LogP contribution in [0.25, 0.3) is 0 Å². The molecule has 0 aliphatic carbocycles. The van der Waals surface area contributed by atoms with Gasteiger partial charge >= 0.3 is 0 Å². The highest BCUT2D eigenvalue weighted by atomic mass is 16.5. The van der Waals surface area contributed by atoms with E-state index in [2.05, 4.69) is 51.8 Å². The first-order chi connectivity index (χ1) is 8.94. The molecular formula is C16H34N2O. The molecule has 1 aliphatic rings. The fourth-order valence-electron chi connectivity index (χ4n) is 3.04. The number of rotatable bonds is 7.